The maximum atomic E-state index is 11.8. The molecule has 0 aliphatic heterocycles. The summed E-state index contributed by atoms with van der Waals surface area (Å²) in [4.78, 5) is 11.8. The molecule has 0 saturated carbocycles. The van der Waals surface area contributed by atoms with Crippen molar-refractivity contribution in [3.8, 4) is 0 Å². The number of thioether (sulfide) groups is 1. The molecule has 0 radical (unpaired) electrons. The van der Waals surface area contributed by atoms with E-state index in [0.29, 0.717) is 12.5 Å². The van der Waals surface area contributed by atoms with E-state index >= 15 is 0 Å². The molecule has 0 saturated heterocycles. The fraction of sp³-hybridized carbons (Fsp3) is 0.467. The van der Waals surface area contributed by atoms with Crippen molar-refractivity contribution in [1.29, 1.82) is 0 Å². The topological polar surface area (TPSA) is 50.7 Å². The van der Waals surface area contributed by atoms with E-state index in [2.05, 4.69) is 36.2 Å². The average molecular weight is 291 g/mol. The van der Waals surface area contributed by atoms with Crippen molar-refractivity contribution in [2.75, 3.05) is 5.75 Å². The van der Waals surface area contributed by atoms with Crippen molar-refractivity contribution in [2.24, 2.45) is 5.92 Å². The first-order valence-electron chi connectivity index (χ1n) is 6.98. The Morgan fingerprint density at radius 3 is 2.75 bits per heavy atom. The molecule has 108 valence electrons. The number of hydrogen-bond acceptors (Lipinski definition) is 3. The number of H-pyrrole nitrogens is 1. The first-order chi connectivity index (χ1) is 9.66. The highest BCUT2D eigenvalue weighted by atomic mass is 32.2. The molecule has 0 amide bonds. The number of aromatic nitrogens is 3. The largest absolute Gasteiger partial charge is 0.343 e. The first kappa shape index (κ1) is 14.9. The van der Waals surface area contributed by atoms with Crippen LogP contribution in [0.15, 0.2) is 40.3 Å². The molecule has 2 rings (SSSR count). The molecule has 2 aromatic rings. The minimum Gasteiger partial charge on any atom is -0.270 e. The zero-order valence-corrected chi connectivity index (χ0v) is 12.8. The number of aromatic amines is 1. The fourth-order valence-electron chi connectivity index (χ4n) is 1.88. The van der Waals surface area contributed by atoms with Gasteiger partial charge in [-0.05, 0) is 24.3 Å². The highest BCUT2D eigenvalue weighted by Gasteiger charge is 2.09. The van der Waals surface area contributed by atoms with Gasteiger partial charge < -0.3 is 0 Å². The summed E-state index contributed by atoms with van der Waals surface area (Å²) >= 11 is 1.65. The third-order valence-corrected chi connectivity index (χ3v) is 4.13. The van der Waals surface area contributed by atoms with E-state index in [1.54, 1.807) is 16.3 Å². The van der Waals surface area contributed by atoms with Crippen LogP contribution in [0.4, 0.5) is 0 Å². The monoisotopic (exact) mass is 291 g/mol. The highest BCUT2D eigenvalue weighted by Crippen LogP contribution is 2.17. The Morgan fingerprint density at radius 2 is 2.05 bits per heavy atom. The van der Waals surface area contributed by atoms with E-state index in [4.69, 9.17) is 0 Å². The molecule has 1 heterocycles. The second kappa shape index (κ2) is 7.33. The number of aryl methyl sites for hydroxylation is 1. The molecule has 0 spiro atoms. The summed E-state index contributed by atoms with van der Waals surface area (Å²) in [6.07, 6.45) is 1.97. The third kappa shape index (κ3) is 4.27. The van der Waals surface area contributed by atoms with Crippen LogP contribution in [0.2, 0.25) is 0 Å². The quantitative estimate of drug-likeness (QED) is 0.798. The van der Waals surface area contributed by atoms with Crippen LogP contribution in [-0.4, -0.2) is 20.5 Å². The molecular weight excluding hydrogens is 270 g/mol. The van der Waals surface area contributed by atoms with Gasteiger partial charge in [-0.2, -0.15) is 0 Å². The lowest BCUT2D eigenvalue weighted by molar-refractivity contribution is 0.610. The lowest BCUT2D eigenvalue weighted by Gasteiger charge is -2.06. The van der Waals surface area contributed by atoms with Crippen LogP contribution in [0.1, 0.15) is 25.8 Å². The Bertz CT molecular complexity index is 574. The number of benzene rings is 1. The van der Waals surface area contributed by atoms with Gasteiger partial charge in [0.1, 0.15) is 0 Å². The number of nitrogens with zero attached hydrogens (tertiary/aromatic N) is 2. The summed E-state index contributed by atoms with van der Waals surface area (Å²) in [7, 11) is 0. The molecule has 1 N–H and O–H groups in total. The van der Waals surface area contributed by atoms with E-state index in [-0.39, 0.29) is 5.69 Å². The van der Waals surface area contributed by atoms with E-state index in [1.165, 1.54) is 5.56 Å². The molecule has 1 aromatic carbocycles. The van der Waals surface area contributed by atoms with Gasteiger partial charge in [0, 0.05) is 12.3 Å². The van der Waals surface area contributed by atoms with E-state index in [1.807, 2.05) is 18.2 Å². The van der Waals surface area contributed by atoms with Crippen molar-refractivity contribution >= 4 is 11.8 Å². The van der Waals surface area contributed by atoms with Crippen LogP contribution in [0.3, 0.4) is 0 Å². The Labute approximate surface area is 123 Å². The van der Waals surface area contributed by atoms with Gasteiger partial charge in [-0.15, -0.1) is 5.10 Å². The molecule has 0 unspecified atom stereocenters. The van der Waals surface area contributed by atoms with Crippen molar-refractivity contribution in [2.45, 2.75) is 38.4 Å². The third-order valence-electron chi connectivity index (χ3n) is 3.12. The summed E-state index contributed by atoms with van der Waals surface area (Å²) in [6.45, 7) is 5.07. The normalized spacial score (nSPS) is 11.2. The minimum absolute atomic E-state index is 0.118. The Hall–Kier alpha value is -1.49. The zero-order chi connectivity index (χ0) is 14.4. The Balaban J connectivity index is 1.96. The molecule has 0 aliphatic rings. The SMILES string of the molecule is CC(C)CCSc1n[nH]c(=O)n1CCc1ccccc1. The maximum Gasteiger partial charge on any atom is 0.343 e. The van der Waals surface area contributed by atoms with E-state index in [9.17, 15) is 4.79 Å². The molecule has 1 aromatic heterocycles. The lowest BCUT2D eigenvalue weighted by atomic mass is 10.1. The average Bonchev–Trinajstić information content (AvgIpc) is 2.78. The van der Waals surface area contributed by atoms with Crippen molar-refractivity contribution in [3.63, 3.8) is 0 Å². The summed E-state index contributed by atoms with van der Waals surface area (Å²) in [5.74, 6) is 1.67. The van der Waals surface area contributed by atoms with Gasteiger partial charge in [0.2, 0.25) is 0 Å². The summed E-state index contributed by atoms with van der Waals surface area (Å²) in [6, 6.07) is 10.2. The molecule has 0 aliphatic carbocycles. The van der Waals surface area contributed by atoms with E-state index < -0.39 is 0 Å². The molecule has 5 heteroatoms. The van der Waals surface area contributed by atoms with Crippen LogP contribution >= 0.6 is 11.8 Å². The van der Waals surface area contributed by atoms with Crippen molar-refractivity contribution in [3.05, 3.63) is 46.4 Å². The fourth-order valence-corrected chi connectivity index (χ4v) is 3.09. The standard InChI is InChI=1S/C15H21N3OS/c1-12(2)9-11-20-15-17-16-14(19)18(15)10-8-13-6-4-3-5-7-13/h3-7,12H,8-11H2,1-2H3,(H,16,19). The van der Waals surface area contributed by atoms with Gasteiger partial charge in [0.25, 0.3) is 0 Å². The molecule has 0 atom stereocenters. The molecule has 0 fully saturated rings. The van der Waals surface area contributed by atoms with Crippen LogP contribution < -0.4 is 5.69 Å². The van der Waals surface area contributed by atoms with Crippen LogP contribution in [-0.2, 0) is 13.0 Å². The van der Waals surface area contributed by atoms with Crippen molar-refractivity contribution < 1.29 is 0 Å². The van der Waals surface area contributed by atoms with Gasteiger partial charge in [-0.3, -0.25) is 4.57 Å². The van der Waals surface area contributed by atoms with Crippen LogP contribution in [0.5, 0.6) is 0 Å². The lowest BCUT2D eigenvalue weighted by Crippen LogP contribution is -2.19. The van der Waals surface area contributed by atoms with Gasteiger partial charge in [-0.25, -0.2) is 9.89 Å². The van der Waals surface area contributed by atoms with Crippen LogP contribution in [0.25, 0.3) is 0 Å². The van der Waals surface area contributed by atoms with Gasteiger partial charge >= 0.3 is 5.69 Å². The van der Waals surface area contributed by atoms with E-state index in [0.717, 1.165) is 23.8 Å². The number of nitrogens with one attached hydrogen (secondary N) is 1. The summed E-state index contributed by atoms with van der Waals surface area (Å²) < 4.78 is 1.73. The minimum atomic E-state index is -0.118. The van der Waals surface area contributed by atoms with Crippen LogP contribution in [0, 0.1) is 5.92 Å². The first-order valence-corrected chi connectivity index (χ1v) is 7.97. The van der Waals surface area contributed by atoms with Gasteiger partial charge in [0.15, 0.2) is 5.16 Å². The van der Waals surface area contributed by atoms with Gasteiger partial charge in [-0.1, -0.05) is 55.9 Å². The number of hydrogen-bond donors (Lipinski definition) is 1. The smallest absolute Gasteiger partial charge is 0.270 e. The second-order valence-electron chi connectivity index (χ2n) is 5.23. The predicted octanol–water partition coefficient (Wildman–Crippen LogP) is 2.95. The summed E-state index contributed by atoms with van der Waals surface area (Å²) in [5.41, 5.74) is 1.12. The van der Waals surface area contributed by atoms with Crippen molar-refractivity contribution in [1.82, 2.24) is 14.8 Å². The molecule has 20 heavy (non-hydrogen) atoms. The molecular formula is C15H21N3OS. The molecule has 0 bridgehead atoms. The summed E-state index contributed by atoms with van der Waals surface area (Å²) in [5, 5.41) is 7.46. The predicted molar refractivity (Wildman–Crippen MR) is 83.2 cm³/mol. The Kier molecular flexibility index (Phi) is 5.47. The highest BCUT2D eigenvalue weighted by molar-refractivity contribution is 7.99. The van der Waals surface area contributed by atoms with Gasteiger partial charge in [0.05, 0.1) is 0 Å². The molecule has 4 nitrogen and oxygen atoms in total. The second-order valence-corrected chi connectivity index (χ2v) is 6.29. The maximum absolute atomic E-state index is 11.8. The zero-order valence-electron chi connectivity index (χ0n) is 12.0. The Morgan fingerprint density at radius 1 is 1.30 bits per heavy atom. The number of rotatable bonds is 7.